The highest BCUT2D eigenvalue weighted by Gasteiger charge is 2.55. The van der Waals surface area contributed by atoms with Crippen LogP contribution < -0.4 is 16.4 Å². The van der Waals surface area contributed by atoms with Gasteiger partial charge in [-0.1, -0.05) is 0 Å². The van der Waals surface area contributed by atoms with Crippen LogP contribution in [0.2, 0.25) is 0 Å². The number of hydrogen-bond acceptors (Lipinski definition) is 8. The van der Waals surface area contributed by atoms with E-state index in [1.165, 1.54) is 6.92 Å². The Kier molecular flexibility index (Phi) is 8.65. The van der Waals surface area contributed by atoms with E-state index in [-0.39, 0.29) is 6.04 Å². The van der Waals surface area contributed by atoms with Crippen LogP contribution in [0.1, 0.15) is 27.2 Å². The number of aliphatic hydroxyl groups excluding tert-OH is 4. The van der Waals surface area contributed by atoms with Crippen molar-refractivity contribution >= 4 is 11.8 Å². The van der Waals surface area contributed by atoms with Crippen molar-refractivity contribution in [2.24, 2.45) is 5.73 Å². The quantitative estimate of drug-likeness (QED) is 0.223. The van der Waals surface area contributed by atoms with Crippen LogP contribution in [0, 0.1) is 0 Å². The van der Waals surface area contributed by atoms with Gasteiger partial charge in [0.2, 0.25) is 11.8 Å². The number of carbonyl (C=O) groups is 2. The maximum absolute atomic E-state index is 14.6. The van der Waals surface area contributed by atoms with Crippen LogP contribution >= 0.6 is 0 Å². The van der Waals surface area contributed by atoms with Gasteiger partial charge in [-0.15, -0.1) is 0 Å². The van der Waals surface area contributed by atoms with Crippen molar-refractivity contribution in [3.8, 4) is 0 Å². The van der Waals surface area contributed by atoms with E-state index in [2.05, 4.69) is 10.6 Å². The minimum absolute atomic E-state index is 0.184. The molecule has 28 heavy (non-hydrogen) atoms. The molecule has 0 aromatic heterocycles. The smallest absolute Gasteiger partial charge is 0.278 e. The molecule has 10 nitrogen and oxygen atoms in total. The standard InChI is InChI=1S/C16H29F2N3O7/c1-6(2)20-14(26)7(3)21-15(27)8(19)4-16(17,18)13-12(25)11(24)10(23)9(5-22)28-13/h6-13,22-25H,4-5,19H2,1-3H3,(H,20,26)(H,21,27)/t7-,8?,9+,10-,11-,12+,13+/m0/s1. The first kappa shape index (κ1) is 24.6. The highest BCUT2D eigenvalue weighted by atomic mass is 19.3. The maximum Gasteiger partial charge on any atom is 0.278 e. The zero-order valence-corrected chi connectivity index (χ0v) is 15.9. The Morgan fingerprint density at radius 3 is 2.14 bits per heavy atom. The van der Waals surface area contributed by atoms with Gasteiger partial charge in [-0.2, -0.15) is 0 Å². The topological polar surface area (TPSA) is 174 Å². The van der Waals surface area contributed by atoms with E-state index in [4.69, 9.17) is 15.6 Å². The lowest BCUT2D eigenvalue weighted by molar-refractivity contribution is -0.281. The van der Waals surface area contributed by atoms with Crippen molar-refractivity contribution in [1.82, 2.24) is 10.6 Å². The van der Waals surface area contributed by atoms with Crippen molar-refractivity contribution < 1.29 is 43.5 Å². The third-order valence-corrected chi connectivity index (χ3v) is 4.32. The fourth-order valence-electron chi connectivity index (χ4n) is 2.75. The van der Waals surface area contributed by atoms with Crippen molar-refractivity contribution in [2.75, 3.05) is 6.61 Å². The van der Waals surface area contributed by atoms with Gasteiger partial charge in [-0.25, -0.2) is 8.78 Å². The molecule has 0 saturated carbocycles. The summed E-state index contributed by atoms with van der Waals surface area (Å²) in [4.78, 5) is 23.8. The lowest BCUT2D eigenvalue weighted by Gasteiger charge is -2.43. The van der Waals surface area contributed by atoms with E-state index in [1.54, 1.807) is 13.8 Å². The Labute approximate surface area is 161 Å². The maximum atomic E-state index is 14.6. The van der Waals surface area contributed by atoms with Crippen LogP contribution in [0.4, 0.5) is 8.78 Å². The summed E-state index contributed by atoms with van der Waals surface area (Å²) in [6.45, 7) is 3.91. The van der Waals surface area contributed by atoms with Gasteiger partial charge in [-0.05, 0) is 20.8 Å². The summed E-state index contributed by atoms with van der Waals surface area (Å²) in [6.07, 6.45) is -11.0. The van der Waals surface area contributed by atoms with Crippen LogP contribution in [0.15, 0.2) is 0 Å². The summed E-state index contributed by atoms with van der Waals surface area (Å²) in [5, 5.41) is 43.0. The van der Waals surface area contributed by atoms with Crippen molar-refractivity contribution in [1.29, 1.82) is 0 Å². The van der Waals surface area contributed by atoms with E-state index < -0.39 is 73.4 Å². The highest BCUT2D eigenvalue weighted by molar-refractivity contribution is 5.89. The molecule has 2 amide bonds. The number of ether oxygens (including phenoxy) is 1. The van der Waals surface area contributed by atoms with Crippen LogP contribution in [-0.4, -0.2) is 93.4 Å². The molecule has 7 atom stereocenters. The number of nitrogens with one attached hydrogen (secondary N) is 2. The number of rotatable bonds is 8. The molecule has 1 aliphatic rings. The molecule has 0 aliphatic carbocycles. The van der Waals surface area contributed by atoms with Crippen LogP contribution in [-0.2, 0) is 14.3 Å². The Hall–Kier alpha value is -1.44. The average Bonchev–Trinajstić information content (AvgIpc) is 2.58. The number of nitrogens with two attached hydrogens (primary N) is 1. The molecule has 0 aromatic carbocycles. The molecule has 1 heterocycles. The lowest BCUT2D eigenvalue weighted by atomic mass is 9.89. The fraction of sp³-hybridized carbons (Fsp3) is 0.875. The first-order chi connectivity index (χ1) is 12.8. The van der Waals surface area contributed by atoms with Gasteiger partial charge in [0.05, 0.1) is 12.6 Å². The second kappa shape index (κ2) is 9.85. The van der Waals surface area contributed by atoms with Crippen LogP contribution in [0.25, 0.3) is 0 Å². The number of aliphatic hydroxyl groups is 4. The summed E-state index contributed by atoms with van der Waals surface area (Å²) in [7, 11) is 0. The van der Waals surface area contributed by atoms with Gasteiger partial charge in [0.15, 0.2) is 0 Å². The zero-order chi connectivity index (χ0) is 21.8. The molecular weight excluding hydrogens is 384 g/mol. The minimum atomic E-state index is -3.88. The Bertz CT molecular complexity index is 550. The molecule has 1 aliphatic heterocycles. The lowest BCUT2D eigenvalue weighted by Crippen LogP contribution is -2.64. The number of amides is 2. The highest BCUT2D eigenvalue weighted by Crippen LogP contribution is 2.35. The van der Waals surface area contributed by atoms with E-state index in [0.29, 0.717) is 0 Å². The molecule has 0 bridgehead atoms. The van der Waals surface area contributed by atoms with Crippen LogP contribution in [0.5, 0.6) is 0 Å². The molecule has 1 saturated heterocycles. The van der Waals surface area contributed by atoms with E-state index in [0.717, 1.165) is 0 Å². The SMILES string of the molecule is CC(C)NC(=O)[C@H](C)NC(=O)C(N)CC(F)(F)[C@@H]1O[C@H](CO)[C@H](O)[C@H](O)[C@H]1O. The first-order valence-corrected chi connectivity index (χ1v) is 8.86. The predicted molar refractivity (Wildman–Crippen MR) is 92.2 cm³/mol. The number of halogens is 2. The van der Waals surface area contributed by atoms with Gasteiger partial charge < -0.3 is 41.5 Å². The third kappa shape index (κ3) is 6.03. The molecule has 1 unspecified atom stereocenters. The largest absolute Gasteiger partial charge is 0.394 e. The average molecular weight is 413 g/mol. The van der Waals surface area contributed by atoms with Crippen molar-refractivity contribution in [3.63, 3.8) is 0 Å². The van der Waals surface area contributed by atoms with Crippen molar-refractivity contribution in [2.45, 2.75) is 81.8 Å². The van der Waals surface area contributed by atoms with E-state index in [9.17, 15) is 33.7 Å². The summed E-state index contributed by atoms with van der Waals surface area (Å²) >= 11 is 0. The Morgan fingerprint density at radius 2 is 1.64 bits per heavy atom. The molecule has 0 aromatic rings. The van der Waals surface area contributed by atoms with Gasteiger partial charge in [-0.3, -0.25) is 9.59 Å². The van der Waals surface area contributed by atoms with E-state index in [1.807, 2.05) is 0 Å². The monoisotopic (exact) mass is 413 g/mol. The molecule has 0 spiro atoms. The molecule has 0 radical (unpaired) electrons. The summed E-state index contributed by atoms with van der Waals surface area (Å²) in [5.41, 5.74) is 5.51. The molecule has 8 N–H and O–H groups in total. The summed E-state index contributed by atoms with van der Waals surface area (Å²) in [5.74, 6) is -5.42. The predicted octanol–water partition coefficient (Wildman–Crippen LogP) is -2.79. The number of alkyl halides is 2. The van der Waals surface area contributed by atoms with Gasteiger partial charge in [0.1, 0.15) is 36.6 Å². The van der Waals surface area contributed by atoms with E-state index >= 15 is 0 Å². The molecular formula is C16H29F2N3O7. The second-order valence-corrected chi connectivity index (χ2v) is 7.21. The normalized spacial score (nSPS) is 30.6. The van der Waals surface area contributed by atoms with Gasteiger partial charge in [0, 0.05) is 12.5 Å². The van der Waals surface area contributed by atoms with Gasteiger partial charge >= 0.3 is 0 Å². The molecule has 164 valence electrons. The summed E-state index contributed by atoms with van der Waals surface area (Å²) < 4.78 is 33.9. The Balaban J connectivity index is 2.76. The zero-order valence-electron chi connectivity index (χ0n) is 15.9. The first-order valence-electron chi connectivity index (χ1n) is 8.86. The Morgan fingerprint density at radius 1 is 1.07 bits per heavy atom. The molecule has 12 heteroatoms. The third-order valence-electron chi connectivity index (χ3n) is 4.32. The molecule has 1 fully saturated rings. The second-order valence-electron chi connectivity index (χ2n) is 7.21. The van der Waals surface area contributed by atoms with Crippen LogP contribution in [0.3, 0.4) is 0 Å². The number of hydrogen-bond donors (Lipinski definition) is 7. The fourth-order valence-corrected chi connectivity index (χ4v) is 2.75. The minimum Gasteiger partial charge on any atom is -0.394 e. The summed E-state index contributed by atoms with van der Waals surface area (Å²) in [6, 6.07) is -2.95. The van der Waals surface area contributed by atoms with Gasteiger partial charge in [0.25, 0.3) is 5.92 Å². The van der Waals surface area contributed by atoms with Crippen molar-refractivity contribution in [3.05, 3.63) is 0 Å². The number of carbonyl (C=O) groups excluding carboxylic acids is 2. The molecule has 1 rings (SSSR count).